The number of fused-ring (bicyclic) bond motifs is 1. The molecular formula is C23H26ClN5O2. The summed E-state index contributed by atoms with van der Waals surface area (Å²) >= 11 is 6.37. The molecule has 1 saturated heterocycles. The standard InChI is InChI=1S/C23H26ClN5O2/c1-4-15-7-9-29(10-8-15)23-25-13-19(24)21(27-23)26-17-5-6-20-16(11-17)12-18(14(2)30)22(31)28(20)3/h5-6,11-13,15H,4,7-10H2,1-3H3,(H,25,26,27). The Morgan fingerprint density at radius 1 is 1.26 bits per heavy atom. The second-order valence-electron chi connectivity index (χ2n) is 8.08. The van der Waals surface area contributed by atoms with Crippen LogP contribution in [-0.4, -0.2) is 33.4 Å². The largest absolute Gasteiger partial charge is 0.341 e. The van der Waals surface area contributed by atoms with E-state index in [0.717, 1.165) is 48.4 Å². The van der Waals surface area contributed by atoms with E-state index < -0.39 is 0 Å². The molecule has 0 spiro atoms. The quantitative estimate of drug-likeness (QED) is 0.587. The first kappa shape index (κ1) is 21.3. The number of nitrogens with zero attached hydrogens (tertiary/aromatic N) is 4. The number of anilines is 3. The van der Waals surface area contributed by atoms with E-state index in [9.17, 15) is 9.59 Å². The van der Waals surface area contributed by atoms with Gasteiger partial charge in [-0.3, -0.25) is 9.59 Å². The number of nitrogens with one attached hydrogen (secondary N) is 1. The first-order valence-electron chi connectivity index (χ1n) is 10.6. The minimum absolute atomic E-state index is 0.171. The van der Waals surface area contributed by atoms with E-state index in [1.165, 1.54) is 17.9 Å². The number of halogens is 1. The van der Waals surface area contributed by atoms with E-state index in [0.29, 0.717) is 16.8 Å². The van der Waals surface area contributed by atoms with Crippen LogP contribution in [0.2, 0.25) is 5.02 Å². The van der Waals surface area contributed by atoms with Crippen molar-refractivity contribution < 1.29 is 4.79 Å². The van der Waals surface area contributed by atoms with Gasteiger partial charge < -0.3 is 14.8 Å². The van der Waals surface area contributed by atoms with Gasteiger partial charge in [0.15, 0.2) is 11.6 Å². The van der Waals surface area contributed by atoms with Crippen molar-refractivity contribution in [2.45, 2.75) is 33.1 Å². The lowest BCUT2D eigenvalue weighted by molar-refractivity contribution is 0.101. The normalized spacial score (nSPS) is 14.8. The van der Waals surface area contributed by atoms with E-state index in [2.05, 4.69) is 27.1 Å². The Morgan fingerprint density at radius 3 is 2.68 bits per heavy atom. The van der Waals surface area contributed by atoms with Crippen LogP contribution >= 0.6 is 11.6 Å². The number of carbonyl (C=O) groups is 1. The average Bonchev–Trinajstić information content (AvgIpc) is 2.77. The van der Waals surface area contributed by atoms with Crippen molar-refractivity contribution in [1.82, 2.24) is 14.5 Å². The number of benzene rings is 1. The first-order valence-corrected chi connectivity index (χ1v) is 10.9. The number of aryl methyl sites for hydroxylation is 1. The molecule has 1 aromatic carbocycles. The van der Waals surface area contributed by atoms with E-state index >= 15 is 0 Å². The van der Waals surface area contributed by atoms with Crippen molar-refractivity contribution >= 4 is 45.7 Å². The Kier molecular flexibility index (Phi) is 5.96. The smallest absolute Gasteiger partial charge is 0.261 e. The van der Waals surface area contributed by atoms with Gasteiger partial charge in [-0.15, -0.1) is 0 Å². The van der Waals surface area contributed by atoms with Gasteiger partial charge in [-0.25, -0.2) is 4.98 Å². The maximum atomic E-state index is 12.4. The second-order valence-corrected chi connectivity index (χ2v) is 8.49. The molecular weight excluding hydrogens is 414 g/mol. The molecule has 1 N–H and O–H groups in total. The van der Waals surface area contributed by atoms with Crippen LogP contribution in [0.15, 0.2) is 35.3 Å². The average molecular weight is 440 g/mol. The van der Waals surface area contributed by atoms with E-state index in [1.807, 2.05) is 18.2 Å². The minimum atomic E-state index is -0.295. The van der Waals surface area contributed by atoms with Crippen LogP contribution in [0.1, 0.15) is 43.5 Å². The summed E-state index contributed by atoms with van der Waals surface area (Å²) in [5.74, 6) is 1.72. The Labute approximate surface area is 186 Å². The molecule has 0 unspecified atom stereocenters. The third kappa shape index (κ3) is 4.28. The van der Waals surface area contributed by atoms with Gasteiger partial charge in [0.2, 0.25) is 5.95 Å². The molecule has 162 valence electrons. The lowest BCUT2D eigenvalue weighted by Crippen LogP contribution is -2.34. The molecule has 0 atom stereocenters. The molecule has 1 aliphatic heterocycles. The highest BCUT2D eigenvalue weighted by Crippen LogP contribution is 2.29. The molecule has 0 radical (unpaired) electrons. The Bertz CT molecular complexity index is 1200. The summed E-state index contributed by atoms with van der Waals surface area (Å²) in [6, 6.07) is 7.22. The summed E-state index contributed by atoms with van der Waals surface area (Å²) in [5.41, 5.74) is 1.38. The highest BCUT2D eigenvalue weighted by molar-refractivity contribution is 6.32. The van der Waals surface area contributed by atoms with Crippen LogP contribution < -0.4 is 15.8 Å². The van der Waals surface area contributed by atoms with E-state index in [4.69, 9.17) is 11.6 Å². The zero-order valence-corrected chi connectivity index (χ0v) is 18.7. The highest BCUT2D eigenvalue weighted by atomic mass is 35.5. The van der Waals surface area contributed by atoms with Crippen molar-refractivity contribution in [2.75, 3.05) is 23.3 Å². The summed E-state index contributed by atoms with van der Waals surface area (Å²) in [7, 11) is 1.67. The summed E-state index contributed by atoms with van der Waals surface area (Å²) in [4.78, 5) is 35.5. The number of rotatable bonds is 5. The topological polar surface area (TPSA) is 80.1 Å². The molecule has 0 bridgehead atoms. The molecule has 8 heteroatoms. The van der Waals surface area contributed by atoms with Gasteiger partial charge in [0.25, 0.3) is 5.56 Å². The lowest BCUT2D eigenvalue weighted by Gasteiger charge is -2.31. The molecule has 31 heavy (non-hydrogen) atoms. The first-order chi connectivity index (χ1) is 14.9. The van der Waals surface area contributed by atoms with E-state index in [-0.39, 0.29) is 16.9 Å². The fraction of sp³-hybridized carbons (Fsp3) is 0.391. The van der Waals surface area contributed by atoms with Crippen molar-refractivity contribution in [3.63, 3.8) is 0 Å². The molecule has 3 aromatic rings. The minimum Gasteiger partial charge on any atom is -0.341 e. The number of ketones is 1. The molecule has 0 amide bonds. The molecule has 3 heterocycles. The van der Waals surface area contributed by atoms with Crippen LogP contribution in [0.25, 0.3) is 10.9 Å². The number of hydrogen-bond donors (Lipinski definition) is 1. The Balaban J connectivity index is 1.63. The number of aromatic nitrogens is 3. The lowest BCUT2D eigenvalue weighted by atomic mass is 9.95. The second kappa shape index (κ2) is 8.67. The van der Waals surface area contributed by atoms with Crippen molar-refractivity contribution in [1.29, 1.82) is 0 Å². The Hall–Kier alpha value is -2.93. The van der Waals surface area contributed by atoms with Crippen LogP contribution in [0, 0.1) is 5.92 Å². The fourth-order valence-electron chi connectivity index (χ4n) is 4.09. The predicted octanol–water partition coefficient (Wildman–Crippen LogP) is 4.55. The highest BCUT2D eigenvalue weighted by Gasteiger charge is 2.20. The predicted molar refractivity (Wildman–Crippen MR) is 125 cm³/mol. The summed E-state index contributed by atoms with van der Waals surface area (Å²) in [6.45, 7) is 5.52. The van der Waals surface area contributed by atoms with Gasteiger partial charge >= 0.3 is 0 Å². The molecule has 0 saturated carbocycles. The monoisotopic (exact) mass is 439 g/mol. The molecule has 4 rings (SSSR count). The Morgan fingerprint density at radius 2 is 2.00 bits per heavy atom. The molecule has 0 aliphatic carbocycles. The molecule has 1 fully saturated rings. The zero-order valence-electron chi connectivity index (χ0n) is 18.0. The van der Waals surface area contributed by atoms with Crippen LogP contribution in [0.3, 0.4) is 0 Å². The number of carbonyl (C=O) groups excluding carboxylic acids is 1. The number of pyridine rings is 1. The van der Waals surface area contributed by atoms with Gasteiger partial charge in [-0.05, 0) is 49.9 Å². The fourth-order valence-corrected chi connectivity index (χ4v) is 4.23. The number of piperidine rings is 1. The zero-order chi connectivity index (χ0) is 22.1. The van der Waals surface area contributed by atoms with Crippen LogP contribution in [0.4, 0.5) is 17.5 Å². The van der Waals surface area contributed by atoms with E-state index in [1.54, 1.807) is 19.3 Å². The van der Waals surface area contributed by atoms with Crippen LogP contribution in [-0.2, 0) is 7.05 Å². The maximum absolute atomic E-state index is 12.4. The number of Topliss-reactive ketones (excluding diaryl/α,β-unsaturated/α-hetero) is 1. The SMILES string of the molecule is CCC1CCN(c2ncc(Cl)c(Nc3ccc4c(c3)cc(C(C)=O)c(=O)n4C)n2)CC1. The number of hydrogen-bond acceptors (Lipinski definition) is 6. The summed E-state index contributed by atoms with van der Waals surface area (Å²) < 4.78 is 1.49. The van der Waals surface area contributed by atoms with Gasteiger partial charge in [-0.2, -0.15) is 4.98 Å². The van der Waals surface area contributed by atoms with Gasteiger partial charge in [0.1, 0.15) is 5.02 Å². The third-order valence-electron chi connectivity index (χ3n) is 6.07. The molecule has 2 aromatic heterocycles. The van der Waals surface area contributed by atoms with Crippen molar-refractivity contribution in [3.05, 3.63) is 51.4 Å². The summed E-state index contributed by atoms with van der Waals surface area (Å²) in [6.07, 6.45) is 5.12. The summed E-state index contributed by atoms with van der Waals surface area (Å²) in [5, 5.41) is 4.47. The third-order valence-corrected chi connectivity index (χ3v) is 6.35. The van der Waals surface area contributed by atoms with Gasteiger partial charge in [-0.1, -0.05) is 24.9 Å². The van der Waals surface area contributed by atoms with Gasteiger partial charge in [0, 0.05) is 31.2 Å². The molecule has 7 nitrogen and oxygen atoms in total. The van der Waals surface area contributed by atoms with Crippen molar-refractivity contribution in [3.8, 4) is 0 Å². The molecule has 1 aliphatic rings. The van der Waals surface area contributed by atoms with Gasteiger partial charge in [0.05, 0.1) is 17.3 Å². The van der Waals surface area contributed by atoms with Crippen LogP contribution in [0.5, 0.6) is 0 Å². The van der Waals surface area contributed by atoms with Crippen molar-refractivity contribution in [2.24, 2.45) is 13.0 Å². The maximum Gasteiger partial charge on any atom is 0.261 e.